The fourth-order valence-electron chi connectivity index (χ4n) is 0.995. The Hall–Kier alpha value is -1.83. The molecule has 0 fully saturated rings. The van der Waals surface area contributed by atoms with Crippen LogP contribution in [0.2, 0.25) is 0 Å². The number of hydrogen-bond donors (Lipinski definition) is 1. The summed E-state index contributed by atoms with van der Waals surface area (Å²) in [6, 6.07) is 0. The molecule has 2 aromatic heterocycles. The quantitative estimate of drug-likeness (QED) is 0.801. The minimum atomic E-state index is -1.00. The number of carboxylic acids is 1. The first-order valence-electron chi connectivity index (χ1n) is 4.07. The number of nitrogens with zero attached hydrogens (tertiary/aromatic N) is 5. The van der Waals surface area contributed by atoms with Gasteiger partial charge in [0, 0.05) is 6.20 Å². The smallest absolute Gasteiger partial charge is 0.327 e. The van der Waals surface area contributed by atoms with Crippen molar-refractivity contribution >= 4 is 17.3 Å². The number of hydrogen-bond acceptors (Lipinski definition) is 6. The second-order valence-electron chi connectivity index (χ2n) is 2.78. The van der Waals surface area contributed by atoms with Gasteiger partial charge in [-0.3, -0.25) is 4.79 Å². The highest BCUT2D eigenvalue weighted by Gasteiger charge is 2.10. The minimum Gasteiger partial charge on any atom is -0.480 e. The third kappa shape index (κ3) is 2.15. The van der Waals surface area contributed by atoms with Crippen molar-refractivity contribution in [3.8, 4) is 10.7 Å². The van der Waals surface area contributed by atoms with Gasteiger partial charge in [0.1, 0.15) is 0 Å². The number of thiazole rings is 1. The summed E-state index contributed by atoms with van der Waals surface area (Å²) in [6.07, 6.45) is 1.64. The lowest BCUT2D eigenvalue weighted by Crippen LogP contribution is -2.11. The molecule has 0 atom stereocenters. The van der Waals surface area contributed by atoms with Gasteiger partial charge in [-0.25, -0.2) is 4.98 Å². The molecule has 0 radical (unpaired) electrons. The highest BCUT2D eigenvalue weighted by Crippen LogP contribution is 2.20. The summed E-state index contributed by atoms with van der Waals surface area (Å²) in [5.74, 6) is -0.596. The molecule has 0 amide bonds. The van der Waals surface area contributed by atoms with Crippen molar-refractivity contribution in [2.45, 2.75) is 13.5 Å². The van der Waals surface area contributed by atoms with Crippen LogP contribution in [0.3, 0.4) is 0 Å². The first-order chi connectivity index (χ1) is 7.15. The van der Waals surface area contributed by atoms with Crippen LogP contribution in [0, 0.1) is 6.92 Å². The van der Waals surface area contributed by atoms with E-state index in [2.05, 4.69) is 20.4 Å². The summed E-state index contributed by atoms with van der Waals surface area (Å²) in [6.45, 7) is 1.58. The topological polar surface area (TPSA) is 93.8 Å². The molecule has 7 nitrogen and oxygen atoms in total. The van der Waals surface area contributed by atoms with E-state index in [0.29, 0.717) is 5.82 Å². The van der Waals surface area contributed by atoms with Crippen molar-refractivity contribution in [1.82, 2.24) is 25.2 Å². The molecule has 78 valence electrons. The first-order valence-corrected chi connectivity index (χ1v) is 4.89. The van der Waals surface area contributed by atoms with E-state index >= 15 is 0 Å². The molecule has 0 aliphatic carbocycles. The average Bonchev–Trinajstić information content (AvgIpc) is 2.72. The van der Waals surface area contributed by atoms with Crippen LogP contribution in [0.1, 0.15) is 5.01 Å². The van der Waals surface area contributed by atoms with Crippen LogP contribution in [-0.2, 0) is 11.3 Å². The van der Waals surface area contributed by atoms with E-state index in [-0.39, 0.29) is 6.54 Å². The molecule has 15 heavy (non-hydrogen) atoms. The van der Waals surface area contributed by atoms with Crippen LogP contribution in [0.15, 0.2) is 6.20 Å². The lowest BCUT2D eigenvalue weighted by atomic mass is 10.5. The van der Waals surface area contributed by atoms with Gasteiger partial charge in [-0.15, -0.1) is 21.5 Å². The molecular formula is C7H7N5O2S. The maximum atomic E-state index is 10.4. The van der Waals surface area contributed by atoms with E-state index in [1.807, 2.05) is 6.92 Å². The Morgan fingerprint density at radius 3 is 3.07 bits per heavy atom. The normalized spacial score (nSPS) is 10.5. The van der Waals surface area contributed by atoms with Gasteiger partial charge in [0.2, 0.25) is 5.82 Å². The SMILES string of the molecule is Cc1ncc(-c2nnn(CC(=O)O)n2)s1. The van der Waals surface area contributed by atoms with Gasteiger partial charge in [0.05, 0.1) is 9.88 Å². The van der Waals surface area contributed by atoms with E-state index in [0.717, 1.165) is 14.7 Å². The number of carboxylic acid groups (broad SMARTS) is 1. The fourth-order valence-corrected chi connectivity index (χ4v) is 1.70. The summed E-state index contributed by atoms with van der Waals surface area (Å²) in [4.78, 5) is 16.2. The molecule has 0 aliphatic rings. The Bertz CT molecular complexity index is 491. The second kappa shape index (κ2) is 3.73. The number of aliphatic carboxylic acids is 1. The number of rotatable bonds is 3. The maximum Gasteiger partial charge on any atom is 0.327 e. The molecule has 0 unspecified atom stereocenters. The lowest BCUT2D eigenvalue weighted by Gasteiger charge is -1.89. The Morgan fingerprint density at radius 2 is 2.47 bits per heavy atom. The van der Waals surface area contributed by atoms with Gasteiger partial charge in [0.25, 0.3) is 0 Å². The molecule has 2 rings (SSSR count). The standard InChI is InChI=1S/C7H7N5O2S/c1-4-8-2-5(15-4)7-9-11-12(10-7)3-6(13)14/h2H,3H2,1H3,(H,13,14). The lowest BCUT2D eigenvalue weighted by molar-refractivity contribution is -0.138. The van der Waals surface area contributed by atoms with Crippen molar-refractivity contribution in [1.29, 1.82) is 0 Å². The minimum absolute atomic E-state index is 0.287. The first kappa shape index (κ1) is 9.71. The van der Waals surface area contributed by atoms with Gasteiger partial charge >= 0.3 is 5.97 Å². The summed E-state index contributed by atoms with van der Waals surface area (Å²) < 4.78 is 0. The molecule has 2 heterocycles. The van der Waals surface area contributed by atoms with E-state index in [4.69, 9.17) is 5.11 Å². The van der Waals surface area contributed by atoms with Crippen LogP contribution in [0.5, 0.6) is 0 Å². The maximum absolute atomic E-state index is 10.4. The Morgan fingerprint density at radius 1 is 1.67 bits per heavy atom. The predicted molar refractivity (Wildman–Crippen MR) is 51.3 cm³/mol. The number of tetrazole rings is 1. The summed E-state index contributed by atoms with van der Waals surface area (Å²) in [7, 11) is 0. The van der Waals surface area contributed by atoms with E-state index < -0.39 is 5.97 Å². The highest BCUT2D eigenvalue weighted by atomic mass is 32.1. The number of aromatic nitrogens is 5. The summed E-state index contributed by atoms with van der Waals surface area (Å²) in [5, 5.41) is 20.7. The number of carbonyl (C=O) groups is 1. The summed E-state index contributed by atoms with van der Waals surface area (Å²) in [5.41, 5.74) is 0. The molecule has 0 aliphatic heterocycles. The molecular weight excluding hydrogens is 218 g/mol. The molecule has 0 saturated heterocycles. The Kier molecular flexibility index (Phi) is 2.42. The van der Waals surface area contributed by atoms with Crippen LogP contribution >= 0.6 is 11.3 Å². The third-order valence-corrected chi connectivity index (χ3v) is 2.48. The van der Waals surface area contributed by atoms with Crippen molar-refractivity contribution in [2.75, 3.05) is 0 Å². The van der Waals surface area contributed by atoms with Crippen LogP contribution in [0.25, 0.3) is 10.7 Å². The zero-order chi connectivity index (χ0) is 10.8. The van der Waals surface area contributed by atoms with Gasteiger partial charge < -0.3 is 5.11 Å². The zero-order valence-corrected chi connectivity index (χ0v) is 8.60. The molecule has 0 spiro atoms. The predicted octanol–water partition coefficient (Wildman–Crippen LogP) is 0.190. The van der Waals surface area contributed by atoms with E-state index in [1.54, 1.807) is 6.20 Å². The fraction of sp³-hybridized carbons (Fsp3) is 0.286. The summed E-state index contributed by atoms with van der Waals surface area (Å²) >= 11 is 1.44. The van der Waals surface area contributed by atoms with Gasteiger partial charge in [-0.05, 0) is 12.1 Å². The van der Waals surface area contributed by atoms with Crippen LogP contribution in [-0.4, -0.2) is 36.3 Å². The average molecular weight is 225 g/mol. The van der Waals surface area contributed by atoms with Crippen molar-refractivity contribution in [3.05, 3.63) is 11.2 Å². The second-order valence-corrected chi connectivity index (χ2v) is 4.02. The Balaban J connectivity index is 2.23. The van der Waals surface area contributed by atoms with Gasteiger partial charge in [-0.2, -0.15) is 4.80 Å². The molecule has 0 aromatic carbocycles. The molecule has 0 bridgehead atoms. The molecule has 0 saturated carbocycles. The monoisotopic (exact) mass is 225 g/mol. The van der Waals surface area contributed by atoms with E-state index in [9.17, 15) is 4.79 Å². The van der Waals surface area contributed by atoms with Crippen LogP contribution in [0.4, 0.5) is 0 Å². The third-order valence-electron chi connectivity index (χ3n) is 1.57. The van der Waals surface area contributed by atoms with Gasteiger partial charge in [-0.1, -0.05) is 0 Å². The molecule has 2 aromatic rings. The molecule has 1 N–H and O–H groups in total. The number of aryl methyl sites for hydroxylation is 1. The zero-order valence-electron chi connectivity index (χ0n) is 7.78. The highest BCUT2D eigenvalue weighted by molar-refractivity contribution is 7.14. The van der Waals surface area contributed by atoms with Crippen molar-refractivity contribution < 1.29 is 9.90 Å². The molecule has 8 heteroatoms. The Labute approximate surface area is 88.4 Å². The van der Waals surface area contributed by atoms with Gasteiger partial charge in [0.15, 0.2) is 6.54 Å². The van der Waals surface area contributed by atoms with E-state index in [1.165, 1.54) is 11.3 Å². The largest absolute Gasteiger partial charge is 0.480 e. The van der Waals surface area contributed by atoms with Crippen LogP contribution < -0.4 is 0 Å². The van der Waals surface area contributed by atoms with Crippen molar-refractivity contribution in [3.63, 3.8) is 0 Å². The van der Waals surface area contributed by atoms with Crippen molar-refractivity contribution in [2.24, 2.45) is 0 Å².